The molecule has 1 heterocycles. The van der Waals surface area contributed by atoms with E-state index in [1.54, 1.807) is 6.92 Å². The maximum Gasteiger partial charge on any atom is 0.416 e. The average molecular weight is 328 g/mol. The maximum atomic E-state index is 12.5. The van der Waals surface area contributed by atoms with Crippen molar-refractivity contribution in [2.75, 3.05) is 6.54 Å². The molecule has 1 aromatic rings. The first kappa shape index (κ1) is 17.3. The third-order valence-electron chi connectivity index (χ3n) is 4.36. The lowest BCUT2D eigenvalue weighted by Crippen LogP contribution is -2.63. The van der Waals surface area contributed by atoms with E-state index in [0.717, 1.165) is 12.1 Å². The SMILES string of the molecule is CCC(C)(C(=O)NCc1ccc(C(F)(F)F)cc1)N1CCC1=O. The first-order valence-corrected chi connectivity index (χ1v) is 7.43. The van der Waals surface area contributed by atoms with Gasteiger partial charge in [0.05, 0.1) is 5.56 Å². The van der Waals surface area contributed by atoms with Crippen LogP contribution in [-0.2, 0) is 22.3 Å². The predicted molar refractivity (Wildman–Crippen MR) is 78.3 cm³/mol. The van der Waals surface area contributed by atoms with E-state index in [9.17, 15) is 22.8 Å². The van der Waals surface area contributed by atoms with Gasteiger partial charge in [0.2, 0.25) is 11.8 Å². The standard InChI is InChI=1S/C16H19F3N2O2/c1-3-15(2,21-9-8-13(21)22)14(23)20-10-11-4-6-12(7-5-11)16(17,18)19/h4-7H,3,8-10H2,1-2H3,(H,20,23). The summed E-state index contributed by atoms with van der Waals surface area (Å²) < 4.78 is 37.5. The lowest BCUT2D eigenvalue weighted by atomic mass is 9.91. The van der Waals surface area contributed by atoms with Crippen LogP contribution in [0, 0.1) is 0 Å². The Morgan fingerprint density at radius 3 is 2.26 bits per heavy atom. The topological polar surface area (TPSA) is 49.4 Å². The van der Waals surface area contributed by atoms with Crippen LogP contribution in [0.4, 0.5) is 13.2 Å². The number of alkyl halides is 3. The zero-order chi connectivity index (χ0) is 17.3. The highest BCUT2D eigenvalue weighted by atomic mass is 19.4. The Morgan fingerprint density at radius 1 is 1.26 bits per heavy atom. The molecule has 2 rings (SSSR count). The van der Waals surface area contributed by atoms with Gasteiger partial charge in [-0.05, 0) is 31.0 Å². The number of benzene rings is 1. The second-order valence-electron chi connectivity index (χ2n) is 5.80. The molecule has 1 aliphatic heterocycles. The maximum absolute atomic E-state index is 12.5. The number of amides is 2. The molecule has 1 atom stereocenters. The van der Waals surface area contributed by atoms with Gasteiger partial charge < -0.3 is 10.2 Å². The lowest BCUT2D eigenvalue weighted by molar-refractivity contribution is -0.156. The van der Waals surface area contributed by atoms with Gasteiger partial charge in [0.15, 0.2) is 0 Å². The Bertz CT molecular complexity index is 598. The number of halogens is 3. The van der Waals surface area contributed by atoms with Crippen LogP contribution < -0.4 is 5.32 Å². The second kappa shape index (κ2) is 6.22. The molecule has 0 radical (unpaired) electrons. The van der Waals surface area contributed by atoms with E-state index < -0.39 is 17.3 Å². The summed E-state index contributed by atoms with van der Waals surface area (Å²) in [5, 5.41) is 2.70. The lowest BCUT2D eigenvalue weighted by Gasteiger charge is -2.44. The van der Waals surface area contributed by atoms with Crippen molar-refractivity contribution in [3.05, 3.63) is 35.4 Å². The molecule has 1 aliphatic rings. The molecular formula is C16H19F3N2O2. The average Bonchev–Trinajstić information content (AvgIpc) is 2.50. The number of rotatable bonds is 5. The molecule has 0 saturated carbocycles. The number of β-lactam (4-membered cyclic amide) rings is 1. The smallest absolute Gasteiger partial charge is 0.350 e. The number of hydrogen-bond acceptors (Lipinski definition) is 2. The molecule has 1 N–H and O–H groups in total. The molecule has 1 fully saturated rings. The van der Waals surface area contributed by atoms with Crippen LogP contribution in [0.1, 0.15) is 37.8 Å². The third kappa shape index (κ3) is 3.48. The fourth-order valence-electron chi connectivity index (χ4n) is 2.50. The molecule has 126 valence electrons. The summed E-state index contributed by atoms with van der Waals surface area (Å²) in [6, 6.07) is 4.64. The molecule has 1 saturated heterocycles. The van der Waals surface area contributed by atoms with Crippen LogP contribution in [0.3, 0.4) is 0 Å². The van der Waals surface area contributed by atoms with Gasteiger partial charge in [0.1, 0.15) is 5.54 Å². The Kier molecular flexibility index (Phi) is 4.68. The van der Waals surface area contributed by atoms with Gasteiger partial charge in [0.25, 0.3) is 0 Å². The number of nitrogens with zero attached hydrogens (tertiary/aromatic N) is 1. The first-order chi connectivity index (χ1) is 10.7. The van der Waals surface area contributed by atoms with Gasteiger partial charge in [-0.25, -0.2) is 0 Å². The fourth-order valence-corrected chi connectivity index (χ4v) is 2.50. The quantitative estimate of drug-likeness (QED) is 0.845. The van der Waals surface area contributed by atoms with Gasteiger partial charge in [-0.2, -0.15) is 13.2 Å². The van der Waals surface area contributed by atoms with Crippen molar-refractivity contribution in [3.8, 4) is 0 Å². The van der Waals surface area contributed by atoms with Gasteiger partial charge in [-0.15, -0.1) is 0 Å². The van der Waals surface area contributed by atoms with Gasteiger partial charge in [0, 0.05) is 19.5 Å². The number of likely N-dealkylation sites (tertiary alicyclic amines) is 1. The van der Waals surface area contributed by atoms with Gasteiger partial charge in [-0.3, -0.25) is 9.59 Å². The van der Waals surface area contributed by atoms with Crippen molar-refractivity contribution in [2.45, 2.75) is 44.9 Å². The molecule has 23 heavy (non-hydrogen) atoms. The molecule has 0 aliphatic carbocycles. The van der Waals surface area contributed by atoms with Crippen molar-refractivity contribution in [2.24, 2.45) is 0 Å². The van der Waals surface area contributed by atoms with Crippen LogP contribution in [-0.4, -0.2) is 28.8 Å². The molecule has 0 spiro atoms. The summed E-state index contributed by atoms with van der Waals surface area (Å²) in [5.74, 6) is -0.355. The molecule has 0 aromatic heterocycles. The summed E-state index contributed by atoms with van der Waals surface area (Å²) in [6.45, 7) is 4.20. The van der Waals surface area contributed by atoms with E-state index in [1.165, 1.54) is 17.0 Å². The third-order valence-corrected chi connectivity index (χ3v) is 4.36. The van der Waals surface area contributed by atoms with Crippen molar-refractivity contribution < 1.29 is 22.8 Å². The molecule has 2 amide bonds. The molecule has 4 nitrogen and oxygen atoms in total. The fraction of sp³-hybridized carbons (Fsp3) is 0.500. The predicted octanol–water partition coefficient (Wildman–Crippen LogP) is 2.72. The Balaban J connectivity index is 1.99. The van der Waals surface area contributed by atoms with Crippen molar-refractivity contribution in [1.29, 1.82) is 0 Å². The molecular weight excluding hydrogens is 309 g/mol. The molecule has 0 bridgehead atoms. The number of carbonyl (C=O) groups is 2. The molecule has 1 unspecified atom stereocenters. The highest BCUT2D eigenvalue weighted by molar-refractivity contribution is 5.93. The van der Waals surface area contributed by atoms with Gasteiger partial charge >= 0.3 is 6.18 Å². The first-order valence-electron chi connectivity index (χ1n) is 7.43. The summed E-state index contributed by atoms with van der Waals surface area (Å²) in [4.78, 5) is 25.5. The van der Waals surface area contributed by atoms with Gasteiger partial charge in [-0.1, -0.05) is 19.1 Å². The van der Waals surface area contributed by atoms with Crippen molar-refractivity contribution in [1.82, 2.24) is 10.2 Å². The van der Waals surface area contributed by atoms with E-state index in [2.05, 4.69) is 5.32 Å². The Hall–Kier alpha value is -2.05. The minimum Gasteiger partial charge on any atom is -0.350 e. The van der Waals surface area contributed by atoms with Crippen molar-refractivity contribution >= 4 is 11.8 Å². The van der Waals surface area contributed by atoms with Crippen molar-refractivity contribution in [3.63, 3.8) is 0 Å². The highest BCUT2D eigenvalue weighted by Gasteiger charge is 2.44. The minimum atomic E-state index is -4.37. The number of carbonyl (C=O) groups excluding carboxylic acids is 2. The summed E-state index contributed by atoms with van der Waals surface area (Å²) >= 11 is 0. The number of nitrogens with one attached hydrogen (secondary N) is 1. The van der Waals surface area contributed by atoms with E-state index in [1.807, 2.05) is 6.92 Å². The van der Waals surface area contributed by atoms with Crippen LogP contribution in [0.15, 0.2) is 24.3 Å². The largest absolute Gasteiger partial charge is 0.416 e. The Labute approximate surface area is 132 Å². The molecule has 7 heteroatoms. The zero-order valence-corrected chi connectivity index (χ0v) is 13.0. The highest BCUT2D eigenvalue weighted by Crippen LogP contribution is 2.29. The van der Waals surface area contributed by atoms with E-state index >= 15 is 0 Å². The normalized spacial score (nSPS) is 17.4. The Morgan fingerprint density at radius 2 is 1.87 bits per heavy atom. The summed E-state index contributed by atoms with van der Waals surface area (Å²) in [7, 11) is 0. The molecule has 1 aromatic carbocycles. The minimum absolute atomic E-state index is 0.0565. The van der Waals surface area contributed by atoms with E-state index in [0.29, 0.717) is 24.9 Å². The number of hydrogen-bond donors (Lipinski definition) is 1. The monoisotopic (exact) mass is 328 g/mol. The van der Waals surface area contributed by atoms with Crippen LogP contribution >= 0.6 is 0 Å². The summed E-state index contributed by atoms with van der Waals surface area (Å²) in [6.07, 6.45) is -3.46. The second-order valence-corrected chi connectivity index (χ2v) is 5.80. The summed E-state index contributed by atoms with van der Waals surface area (Å²) in [5.41, 5.74) is -1.07. The van der Waals surface area contributed by atoms with Crippen LogP contribution in [0.25, 0.3) is 0 Å². The van der Waals surface area contributed by atoms with E-state index in [-0.39, 0.29) is 18.4 Å². The van der Waals surface area contributed by atoms with Crippen LogP contribution in [0.2, 0.25) is 0 Å². The zero-order valence-electron chi connectivity index (χ0n) is 13.0. The van der Waals surface area contributed by atoms with Crippen LogP contribution in [0.5, 0.6) is 0 Å². The van der Waals surface area contributed by atoms with E-state index in [4.69, 9.17) is 0 Å².